The Balaban J connectivity index is 1.74. The van der Waals surface area contributed by atoms with Gasteiger partial charge in [0.2, 0.25) is 0 Å². The van der Waals surface area contributed by atoms with E-state index in [0.29, 0.717) is 0 Å². The molecule has 0 radical (unpaired) electrons. The Labute approximate surface area is 161 Å². The van der Waals surface area contributed by atoms with E-state index in [1.165, 1.54) is 16.7 Å². The summed E-state index contributed by atoms with van der Waals surface area (Å²) in [4.78, 5) is 1.14. The lowest BCUT2D eigenvalue weighted by Gasteiger charge is -2.19. The minimum absolute atomic E-state index is 0.177. The van der Waals surface area contributed by atoms with Gasteiger partial charge in [-0.05, 0) is 35.1 Å². The van der Waals surface area contributed by atoms with Crippen molar-refractivity contribution in [3.8, 4) is 10.7 Å². The molecule has 4 rings (SSSR count). The van der Waals surface area contributed by atoms with Crippen molar-refractivity contribution in [1.82, 2.24) is 14.8 Å². The van der Waals surface area contributed by atoms with Crippen LogP contribution in [0.5, 0.6) is 0 Å². The van der Waals surface area contributed by atoms with Crippen molar-refractivity contribution in [3.05, 3.63) is 88.8 Å². The molecule has 0 amide bonds. The van der Waals surface area contributed by atoms with E-state index in [9.17, 15) is 0 Å². The van der Waals surface area contributed by atoms with Gasteiger partial charge < -0.3 is 4.57 Å². The fourth-order valence-electron chi connectivity index (χ4n) is 2.96. The summed E-state index contributed by atoms with van der Waals surface area (Å²) in [5.74, 6) is 0.916. The average molecular weight is 378 g/mol. The lowest BCUT2D eigenvalue weighted by Crippen LogP contribution is -2.02. The zero-order valence-corrected chi connectivity index (χ0v) is 16.3. The molecule has 26 heavy (non-hydrogen) atoms. The Hall–Kier alpha value is -2.37. The summed E-state index contributed by atoms with van der Waals surface area (Å²) in [5.41, 5.74) is 3.87. The number of thiophene rings is 1. The van der Waals surface area contributed by atoms with Crippen LogP contribution in [0.1, 0.15) is 21.9 Å². The molecule has 1 unspecified atom stereocenters. The summed E-state index contributed by atoms with van der Waals surface area (Å²) >= 11 is 3.43. The molecule has 0 N–H and O–H groups in total. The van der Waals surface area contributed by atoms with Crippen molar-refractivity contribution in [2.24, 2.45) is 7.05 Å². The first-order chi connectivity index (χ1) is 12.7. The summed E-state index contributed by atoms with van der Waals surface area (Å²) in [6, 6.07) is 23.3. The Kier molecular flexibility index (Phi) is 4.91. The third-order valence-electron chi connectivity index (χ3n) is 4.37. The number of thioether (sulfide) groups is 1. The summed E-state index contributed by atoms with van der Waals surface area (Å²) in [5, 5.41) is 12.1. The van der Waals surface area contributed by atoms with Gasteiger partial charge in [0.05, 0.1) is 10.1 Å². The van der Waals surface area contributed by atoms with Crippen LogP contribution >= 0.6 is 23.1 Å². The van der Waals surface area contributed by atoms with Gasteiger partial charge in [-0.15, -0.1) is 21.5 Å². The summed E-state index contributed by atoms with van der Waals surface area (Å²) < 4.78 is 2.09. The van der Waals surface area contributed by atoms with Gasteiger partial charge in [-0.25, -0.2) is 0 Å². The summed E-state index contributed by atoms with van der Waals surface area (Å²) in [7, 11) is 2.04. The monoisotopic (exact) mass is 377 g/mol. The van der Waals surface area contributed by atoms with E-state index in [4.69, 9.17) is 0 Å². The number of hydrogen-bond acceptors (Lipinski definition) is 4. The highest BCUT2D eigenvalue weighted by molar-refractivity contribution is 7.99. The molecule has 0 saturated heterocycles. The van der Waals surface area contributed by atoms with Crippen LogP contribution in [-0.4, -0.2) is 14.8 Å². The maximum Gasteiger partial charge on any atom is 0.192 e. The molecule has 2 aromatic heterocycles. The number of nitrogens with zero attached hydrogens (tertiary/aromatic N) is 3. The standard InChI is InChI=1S/C21H19N3S2/c1-15-9-6-7-12-17(15)19(16-10-4-3-5-11-16)26-21-23-22-20(24(21)2)18-13-8-14-25-18/h3-14,19H,1-2H3. The van der Waals surface area contributed by atoms with Crippen LogP contribution in [0.2, 0.25) is 0 Å². The molecule has 130 valence electrons. The smallest absolute Gasteiger partial charge is 0.192 e. The van der Waals surface area contributed by atoms with Crippen LogP contribution in [0.25, 0.3) is 10.7 Å². The first kappa shape index (κ1) is 17.1. The summed E-state index contributed by atoms with van der Waals surface area (Å²) in [6.07, 6.45) is 0. The fourth-order valence-corrected chi connectivity index (χ4v) is 4.94. The third-order valence-corrected chi connectivity index (χ3v) is 6.57. The zero-order chi connectivity index (χ0) is 17.9. The molecule has 4 aromatic rings. The minimum atomic E-state index is 0.177. The largest absolute Gasteiger partial charge is 0.304 e. The van der Waals surface area contributed by atoms with Gasteiger partial charge in [0.15, 0.2) is 11.0 Å². The molecular weight excluding hydrogens is 358 g/mol. The van der Waals surface area contributed by atoms with Gasteiger partial charge in [0, 0.05) is 7.05 Å². The Morgan fingerprint density at radius 2 is 1.69 bits per heavy atom. The predicted molar refractivity (Wildman–Crippen MR) is 110 cm³/mol. The molecule has 2 aromatic carbocycles. The van der Waals surface area contributed by atoms with E-state index in [2.05, 4.69) is 87.7 Å². The van der Waals surface area contributed by atoms with Crippen LogP contribution in [0, 0.1) is 6.92 Å². The second-order valence-corrected chi connectivity index (χ2v) is 8.13. The topological polar surface area (TPSA) is 30.7 Å². The molecule has 2 heterocycles. The van der Waals surface area contributed by atoms with Gasteiger partial charge in [0.1, 0.15) is 0 Å². The Morgan fingerprint density at radius 3 is 2.42 bits per heavy atom. The lowest BCUT2D eigenvalue weighted by atomic mass is 10.0. The van der Waals surface area contributed by atoms with E-state index in [1.807, 2.05) is 13.1 Å². The van der Waals surface area contributed by atoms with Crippen LogP contribution < -0.4 is 0 Å². The maximum atomic E-state index is 4.47. The van der Waals surface area contributed by atoms with Gasteiger partial charge in [-0.1, -0.05) is 72.4 Å². The van der Waals surface area contributed by atoms with Crippen LogP contribution in [0.15, 0.2) is 77.3 Å². The lowest BCUT2D eigenvalue weighted by molar-refractivity contribution is 0.792. The number of aryl methyl sites for hydroxylation is 1. The second-order valence-electron chi connectivity index (χ2n) is 6.11. The molecule has 3 nitrogen and oxygen atoms in total. The normalized spacial score (nSPS) is 12.2. The van der Waals surface area contributed by atoms with E-state index >= 15 is 0 Å². The van der Waals surface area contributed by atoms with Crippen molar-refractivity contribution >= 4 is 23.1 Å². The van der Waals surface area contributed by atoms with Crippen molar-refractivity contribution in [3.63, 3.8) is 0 Å². The van der Waals surface area contributed by atoms with Crippen LogP contribution in [0.3, 0.4) is 0 Å². The van der Waals surface area contributed by atoms with E-state index < -0.39 is 0 Å². The van der Waals surface area contributed by atoms with Crippen LogP contribution in [-0.2, 0) is 7.05 Å². The number of hydrogen-bond donors (Lipinski definition) is 0. The fraction of sp³-hybridized carbons (Fsp3) is 0.143. The molecular formula is C21H19N3S2. The molecule has 5 heteroatoms. The third kappa shape index (κ3) is 3.32. The molecule has 0 spiro atoms. The molecule has 0 aliphatic heterocycles. The van der Waals surface area contributed by atoms with Crippen molar-refractivity contribution in [2.75, 3.05) is 0 Å². The van der Waals surface area contributed by atoms with Gasteiger partial charge in [-0.3, -0.25) is 0 Å². The maximum absolute atomic E-state index is 4.47. The molecule has 0 fully saturated rings. The van der Waals surface area contributed by atoms with Gasteiger partial charge in [0.25, 0.3) is 0 Å². The van der Waals surface area contributed by atoms with Crippen molar-refractivity contribution in [1.29, 1.82) is 0 Å². The van der Waals surface area contributed by atoms with E-state index in [0.717, 1.165) is 15.9 Å². The first-order valence-electron chi connectivity index (χ1n) is 8.44. The number of benzene rings is 2. The summed E-state index contributed by atoms with van der Waals surface area (Å²) in [6.45, 7) is 2.17. The average Bonchev–Trinajstić information content (AvgIpc) is 3.31. The highest BCUT2D eigenvalue weighted by Gasteiger charge is 2.21. The Morgan fingerprint density at radius 1 is 0.923 bits per heavy atom. The zero-order valence-electron chi connectivity index (χ0n) is 14.7. The second kappa shape index (κ2) is 7.48. The Bertz CT molecular complexity index is 991. The van der Waals surface area contributed by atoms with Crippen molar-refractivity contribution in [2.45, 2.75) is 17.3 Å². The van der Waals surface area contributed by atoms with E-state index in [-0.39, 0.29) is 5.25 Å². The SMILES string of the molecule is Cc1ccccc1C(Sc1nnc(-c2cccs2)n1C)c1ccccc1. The first-order valence-corrected chi connectivity index (χ1v) is 10.2. The number of aromatic nitrogens is 3. The molecule has 0 saturated carbocycles. The highest BCUT2D eigenvalue weighted by atomic mass is 32.2. The van der Waals surface area contributed by atoms with Crippen molar-refractivity contribution < 1.29 is 0 Å². The quantitative estimate of drug-likeness (QED) is 0.416. The molecule has 0 aliphatic rings. The predicted octanol–water partition coefficient (Wildman–Crippen LogP) is 5.73. The minimum Gasteiger partial charge on any atom is -0.304 e. The van der Waals surface area contributed by atoms with E-state index in [1.54, 1.807) is 23.1 Å². The molecule has 1 atom stereocenters. The van der Waals surface area contributed by atoms with Gasteiger partial charge in [-0.2, -0.15) is 0 Å². The highest BCUT2D eigenvalue weighted by Crippen LogP contribution is 2.41. The molecule has 0 bridgehead atoms. The number of rotatable bonds is 5. The van der Waals surface area contributed by atoms with Gasteiger partial charge >= 0.3 is 0 Å². The molecule has 0 aliphatic carbocycles. The van der Waals surface area contributed by atoms with Crippen LogP contribution in [0.4, 0.5) is 0 Å².